The van der Waals surface area contributed by atoms with E-state index >= 15 is 0 Å². The van der Waals surface area contributed by atoms with Gasteiger partial charge in [0.15, 0.2) is 0 Å². The van der Waals surface area contributed by atoms with Gasteiger partial charge in [-0.3, -0.25) is 4.68 Å². The second-order valence-electron chi connectivity index (χ2n) is 6.26. The molecule has 1 aromatic carbocycles. The lowest BCUT2D eigenvalue weighted by molar-refractivity contribution is 0.451. The van der Waals surface area contributed by atoms with E-state index in [0.717, 1.165) is 23.7 Å². The number of hydrogen-bond donors (Lipinski definition) is 1. The van der Waals surface area contributed by atoms with Crippen LogP contribution in [0, 0.1) is 5.92 Å². The first-order chi connectivity index (χ1) is 10.3. The fraction of sp³-hybridized carbons (Fsp3) is 0.500. The molecule has 0 bridgehead atoms. The van der Waals surface area contributed by atoms with Gasteiger partial charge in [-0.1, -0.05) is 68.9 Å². The van der Waals surface area contributed by atoms with Crippen molar-refractivity contribution >= 4 is 5.82 Å². The van der Waals surface area contributed by atoms with Crippen LogP contribution in [0.25, 0.3) is 11.1 Å². The van der Waals surface area contributed by atoms with Gasteiger partial charge in [-0.25, -0.2) is 0 Å². The molecule has 3 rings (SSSR count). The summed E-state index contributed by atoms with van der Waals surface area (Å²) in [6.07, 6.45) is 9.27. The van der Waals surface area contributed by atoms with E-state index in [0.29, 0.717) is 0 Å². The highest BCUT2D eigenvalue weighted by Gasteiger charge is 2.20. The van der Waals surface area contributed by atoms with E-state index in [1.54, 1.807) is 0 Å². The summed E-state index contributed by atoms with van der Waals surface area (Å²) >= 11 is 0. The summed E-state index contributed by atoms with van der Waals surface area (Å²) in [5.74, 6) is 1.55. The van der Waals surface area contributed by atoms with Crippen LogP contribution in [0.5, 0.6) is 0 Å². The van der Waals surface area contributed by atoms with Gasteiger partial charge in [0.05, 0.1) is 5.69 Å². The standard InChI is InChI=1S/C18H25N3/c1-21-18(19)17(15-11-7-4-8-12-15)16(20-21)13-14-9-5-2-3-6-10-14/h4,7-8,11-12,14H,2-3,5-6,9-10,13,19H2,1H3. The first-order valence-corrected chi connectivity index (χ1v) is 8.12. The zero-order valence-corrected chi connectivity index (χ0v) is 12.9. The number of aromatic nitrogens is 2. The quantitative estimate of drug-likeness (QED) is 0.859. The van der Waals surface area contributed by atoms with Crippen LogP contribution in [0.1, 0.15) is 44.2 Å². The summed E-state index contributed by atoms with van der Waals surface area (Å²) in [7, 11) is 1.94. The monoisotopic (exact) mass is 283 g/mol. The number of aryl methyl sites for hydroxylation is 1. The van der Waals surface area contributed by atoms with Crippen molar-refractivity contribution in [3.63, 3.8) is 0 Å². The topological polar surface area (TPSA) is 43.8 Å². The molecule has 0 unspecified atom stereocenters. The Bertz CT molecular complexity index is 578. The van der Waals surface area contributed by atoms with Crippen molar-refractivity contribution in [2.45, 2.75) is 44.9 Å². The van der Waals surface area contributed by atoms with E-state index in [-0.39, 0.29) is 0 Å². The van der Waals surface area contributed by atoms with Crippen LogP contribution in [0.4, 0.5) is 5.82 Å². The molecule has 2 N–H and O–H groups in total. The maximum atomic E-state index is 6.27. The van der Waals surface area contributed by atoms with Crippen LogP contribution >= 0.6 is 0 Å². The molecule has 112 valence electrons. The molecule has 1 heterocycles. The van der Waals surface area contributed by atoms with Gasteiger partial charge in [0.25, 0.3) is 0 Å². The average molecular weight is 283 g/mol. The van der Waals surface area contributed by atoms with Gasteiger partial charge in [0.1, 0.15) is 5.82 Å². The number of anilines is 1. The summed E-state index contributed by atoms with van der Waals surface area (Å²) in [4.78, 5) is 0. The minimum atomic E-state index is 0.768. The first-order valence-electron chi connectivity index (χ1n) is 8.12. The Morgan fingerprint density at radius 1 is 1.10 bits per heavy atom. The largest absolute Gasteiger partial charge is 0.383 e. The van der Waals surface area contributed by atoms with Gasteiger partial charge < -0.3 is 5.73 Å². The van der Waals surface area contributed by atoms with Crippen LogP contribution in [-0.2, 0) is 13.5 Å². The number of rotatable bonds is 3. The molecule has 1 aliphatic rings. The highest BCUT2D eigenvalue weighted by Crippen LogP contribution is 2.33. The zero-order valence-electron chi connectivity index (χ0n) is 12.9. The van der Waals surface area contributed by atoms with Gasteiger partial charge in [0, 0.05) is 12.6 Å². The molecule has 0 radical (unpaired) electrons. The minimum absolute atomic E-state index is 0.768. The molecule has 0 saturated heterocycles. The van der Waals surface area contributed by atoms with Crippen molar-refractivity contribution in [2.75, 3.05) is 5.73 Å². The predicted molar refractivity (Wildman–Crippen MR) is 88.0 cm³/mol. The molecular formula is C18H25N3. The molecule has 0 spiro atoms. The fourth-order valence-electron chi connectivity index (χ4n) is 3.50. The second kappa shape index (κ2) is 6.33. The molecule has 0 amide bonds. The van der Waals surface area contributed by atoms with Gasteiger partial charge in [-0.15, -0.1) is 0 Å². The lowest BCUT2D eigenvalue weighted by Gasteiger charge is -2.13. The summed E-state index contributed by atoms with van der Waals surface area (Å²) in [6.45, 7) is 0. The Balaban J connectivity index is 1.89. The maximum absolute atomic E-state index is 6.27. The molecule has 1 saturated carbocycles. The third kappa shape index (κ3) is 3.12. The number of nitrogens with two attached hydrogens (primary N) is 1. The molecule has 2 aromatic rings. The third-order valence-electron chi connectivity index (χ3n) is 4.68. The lowest BCUT2D eigenvalue weighted by atomic mass is 9.92. The molecule has 21 heavy (non-hydrogen) atoms. The van der Waals surface area contributed by atoms with Crippen molar-refractivity contribution in [3.8, 4) is 11.1 Å². The summed E-state index contributed by atoms with van der Waals surface area (Å²) in [5, 5.41) is 4.70. The van der Waals surface area contributed by atoms with E-state index in [4.69, 9.17) is 10.8 Å². The van der Waals surface area contributed by atoms with Gasteiger partial charge in [-0.2, -0.15) is 5.10 Å². The minimum Gasteiger partial charge on any atom is -0.383 e. The molecule has 1 aromatic heterocycles. The average Bonchev–Trinajstić information content (AvgIpc) is 2.69. The van der Waals surface area contributed by atoms with E-state index in [1.807, 2.05) is 17.8 Å². The lowest BCUT2D eigenvalue weighted by Crippen LogP contribution is -2.05. The molecule has 1 fully saturated rings. The number of nitrogen functional groups attached to an aromatic ring is 1. The number of benzene rings is 1. The van der Waals surface area contributed by atoms with E-state index < -0.39 is 0 Å². The second-order valence-corrected chi connectivity index (χ2v) is 6.26. The van der Waals surface area contributed by atoms with E-state index in [1.165, 1.54) is 49.8 Å². The summed E-state index contributed by atoms with van der Waals surface area (Å²) in [6, 6.07) is 10.4. The Hall–Kier alpha value is -1.77. The third-order valence-corrected chi connectivity index (χ3v) is 4.68. The molecule has 0 atom stereocenters. The van der Waals surface area contributed by atoms with Gasteiger partial charge >= 0.3 is 0 Å². The van der Waals surface area contributed by atoms with Crippen LogP contribution in [0.2, 0.25) is 0 Å². The molecule has 0 aliphatic heterocycles. The van der Waals surface area contributed by atoms with Crippen molar-refractivity contribution in [1.29, 1.82) is 0 Å². The van der Waals surface area contributed by atoms with E-state index in [9.17, 15) is 0 Å². The van der Waals surface area contributed by atoms with Gasteiger partial charge in [0.2, 0.25) is 0 Å². The number of nitrogens with zero attached hydrogens (tertiary/aromatic N) is 2. The highest BCUT2D eigenvalue weighted by molar-refractivity contribution is 5.76. The summed E-state index contributed by atoms with van der Waals surface area (Å²) in [5.41, 5.74) is 9.77. The summed E-state index contributed by atoms with van der Waals surface area (Å²) < 4.78 is 1.83. The zero-order chi connectivity index (χ0) is 14.7. The van der Waals surface area contributed by atoms with Crippen LogP contribution in [0.15, 0.2) is 30.3 Å². The van der Waals surface area contributed by atoms with E-state index in [2.05, 4.69) is 24.3 Å². The molecule has 3 nitrogen and oxygen atoms in total. The van der Waals surface area contributed by atoms with Crippen molar-refractivity contribution in [1.82, 2.24) is 9.78 Å². The van der Waals surface area contributed by atoms with Crippen LogP contribution < -0.4 is 5.73 Å². The Kier molecular flexibility index (Phi) is 4.28. The predicted octanol–water partition coefficient (Wildman–Crippen LogP) is 4.18. The normalized spacial score (nSPS) is 16.8. The van der Waals surface area contributed by atoms with Crippen LogP contribution in [-0.4, -0.2) is 9.78 Å². The first kappa shape index (κ1) is 14.2. The van der Waals surface area contributed by atoms with Crippen molar-refractivity contribution in [2.24, 2.45) is 13.0 Å². The van der Waals surface area contributed by atoms with Crippen molar-refractivity contribution < 1.29 is 0 Å². The van der Waals surface area contributed by atoms with Crippen molar-refractivity contribution in [3.05, 3.63) is 36.0 Å². The SMILES string of the molecule is Cn1nc(CC2CCCCCC2)c(-c2ccccc2)c1N. The fourth-order valence-corrected chi connectivity index (χ4v) is 3.50. The smallest absolute Gasteiger partial charge is 0.129 e. The Morgan fingerprint density at radius 2 is 1.76 bits per heavy atom. The molecule has 3 heteroatoms. The Labute approximate surface area is 127 Å². The highest BCUT2D eigenvalue weighted by atomic mass is 15.3. The van der Waals surface area contributed by atoms with Gasteiger partial charge in [-0.05, 0) is 17.9 Å². The molecular weight excluding hydrogens is 258 g/mol. The maximum Gasteiger partial charge on any atom is 0.129 e. The number of hydrogen-bond acceptors (Lipinski definition) is 2. The van der Waals surface area contributed by atoms with Crippen LogP contribution in [0.3, 0.4) is 0 Å². The Morgan fingerprint density at radius 3 is 2.43 bits per heavy atom. The molecule has 1 aliphatic carbocycles.